The van der Waals surface area contributed by atoms with Crippen LogP contribution in [0, 0.1) is 0 Å². The van der Waals surface area contributed by atoms with E-state index in [4.69, 9.17) is 0 Å². The van der Waals surface area contributed by atoms with E-state index in [-0.39, 0.29) is 16.7 Å². The lowest BCUT2D eigenvalue weighted by Crippen LogP contribution is -2.22. The molecule has 21 heavy (non-hydrogen) atoms. The predicted octanol–water partition coefficient (Wildman–Crippen LogP) is 3.83. The van der Waals surface area contributed by atoms with Crippen LogP contribution in [0.25, 0.3) is 0 Å². The summed E-state index contributed by atoms with van der Waals surface area (Å²) in [6.07, 6.45) is -6.61. The highest BCUT2D eigenvalue weighted by Crippen LogP contribution is 2.37. The summed E-state index contributed by atoms with van der Waals surface area (Å²) in [5, 5.41) is 2.40. The van der Waals surface area contributed by atoms with Crippen LogP contribution in [0.2, 0.25) is 0 Å². The highest BCUT2D eigenvalue weighted by Gasteiger charge is 2.50. The summed E-state index contributed by atoms with van der Waals surface area (Å²) in [4.78, 5) is 10.8. The number of hydrogen-bond acceptors (Lipinski definition) is 3. The van der Waals surface area contributed by atoms with Crippen LogP contribution in [0.3, 0.4) is 0 Å². The van der Waals surface area contributed by atoms with Crippen LogP contribution in [0.4, 0.5) is 27.6 Å². The fraction of sp³-hybridized carbons (Fsp3) is 0.417. The number of rotatable bonds is 3. The van der Waals surface area contributed by atoms with Gasteiger partial charge in [0.25, 0.3) is 0 Å². The van der Waals surface area contributed by atoms with E-state index in [9.17, 15) is 26.7 Å². The van der Waals surface area contributed by atoms with Crippen molar-refractivity contribution in [1.82, 2.24) is 0 Å². The van der Waals surface area contributed by atoms with Gasteiger partial charge in [-0.15, -0.1) is 0 Å². The number of cyclic esters (lactones) is 1. The number of halogens is 6. The van der Waals surface area contributed by atoms with E-state index in [0.29, 0.717) is 0 Å². The van der Waals surface area contributed by atoms with E-state index in [1.807, 2.05) is 0 Å². The number of carbonyl (C=O) groups is 1. The number of carbonyl (C=O) groups excluding carboxylic acids is 1. The second kappa shape index (κ2) is 5.43. The molecule has 2 rings (SSSR count). The van der Waals surface area contributed by atoms with Gasteiger partial charge in [0.1, 0.15) is 6.10 Å². The Hall–Kier alpha value is -1.38. The van der Waals surface area contributed by atoms with Crippen molar-refractivity contribution in [2.75, 3.05) is 11.9 Å². The van der Waals surface area contributed by atoms with Gasteiger partial charge in [-0.2, -0.15) is 22.0 Å². The molecule has 1 saturated heterocycles. The summed E-state index contributed by atoms with van der Waals surface area (Å²) >= 11 is 2.93. The van der Waals surface area contributed by atoms with Gasteiger partial charge in [-0.05, 0) is 18.2 Å². The normalized spacial score (nSPS) is 21.2. The molecule has 0 spiro atoms. The van der Waals surface area contributed by atoms with Gasteiger partial charge in [0.05, 0.1) is 18.5 Å². The monoisotopic (exact) mass is 373 g/mol. The second-order valence-electron chi connectivity index (χ2n) is 4.50. The van der Waals surface area contributed by atoms with E-state index in [2.05, 4.69) is 26.0 Å². The molecule has 1 N–H and O–H groups in total. The summed E-state index contributed by atoms with van der Waals surface area (Å²) in [6, 6.07) is 3.42. The van der Waals surface area contributed by atoms with Crippen molar-refractivity contribution in [1.29, 1.82) is 0 Å². The lowest BCUT2D eigenvalue weighted by Gasteiger charge is -2.16. The van der Waals surface area contributed by atoms with Crippen LogP contribution in [-0.4, -0.2) is 24.5 Å². The Morgan fingerprint density at radius 3 is 2.57 bits per heavy atom. The number of hydrogen-bond donors (Lipinski definition) is 1. The zero-order chi connectivity index (χ0) is 15.8. The molecular weight excluding hydrogens is 365 g/mol. The van der Waals surface area contributed by atoms with Gasteiger partial charge in [0.15, 0.2) is 0 Å². The van der Waals surface area contributed by atoms with Crippen LogP contribution in [-0.2, 0) is 15.7 Å². The quantitative estimate of drug-likeness (QED) is 0.646. The Morgan fingerprint density at radius 1 is 1.38 bits per heavy atom. The van der Waals surface area contributed by atoms with Crippen LogP contribution in [0.5, 0.6) is 0 Å². The third kappa shape index (κ3) is 3.63. The number of ether oxygens (including phenoxy) is 1. The zero-order valence-electron chi connectivity index (χ0n) is 10.3. The highest BCUT2D eigenvalue weighted by molar-refractivity contribution is 9.10. The first-order valence-electron chi connectivity index (χ1n) is 5.79. The Kier molecular flexibility index (Phi) is 4.14. The van der Waals surface area contributed by atoms with Crippen LogP contribution >= 0.6 is 15.9 Å². The largest absolute Gasteiger partial charge is 0.456 e. The van der Waals surface area contributed by atoms with Gasteiger partial charge in [-0.3, -0.25) is 0 Å². The van der Waals surface area contributed by atoms with Gasteiger partial charge in [0, 0.05) is 10.2 Å². The highest BCUT2D eigenvalue weighted by atomic mass is 79.9. The van der Waals surface area contributed by atoms with Crippen molar-refractivity contribution in [3.63, 3.8) is 0 Å². The minimum atomic E-state index is -4.59. The molecule has 0 bridgehead atoms. The van der Waals surface area contributed by atoms with Gasteiger partial charge >= 0.3 is 18.1 Å². The molecule has 1 heterocycles. The van der Waals surface area contributed by atoms with E-state index >= 15 is 0 Å². The number of esters is 1. The Bertz CT molecular complexity index is 561. The second-order valence-corrected chi connectivity index (χ2v) is 5.42. The van der Waals surface area contributed by atoms with Gasteiger partial charge in [-0.1, -0.05) is 15.9 Å². The van der Waals surface area contributed by atoms with Crippen molar-refractivity contribution in [3.8, 4) is 0 Å². The average molecular weight is 374 g/mol. The summed E-state index contributed by atoms with van der Waals surface area (Å²) in [5.74, 6) is -5.24. The molecule has 9 heteroatoms. The van der Waals surface area contributed by atoms with Gasteiger partial charge in [-0.25, -0.2) is 4.79 Å². The van der Waals surface area contributed by atoms with Crippen LogP contribution in [0.15, 0.2) is 22.7 Å². The maximum Gasteiger partial charge on any atom is 0.418 e. The van der Waals surface area contributed by atoms with Gasteiger partial charge in [0.2, 0.25) is 0 Å². The van der Waals surface area contributed by atoms with Crippen molar-refractivity contribution >= 4 is 27.6 Å². The van der Waals surface area contributed by atoms with Crippen molar-refractivity contribution in [2.24, 2.45) is 0 Å². The van der Waals surface area contributed by atoms with E-state index < -0.39 is 36.2 Å². The minimum absolute atomic E-state index is 0.235. The molecule has 1 aromatic rings. The lowest BCUT2D eigenvalue weighted by atomic mass is 10.1. The number of nitrogens with one attached hydrogen (secondary N) is 1. The SMILES string of the molecule is O=C1OC(CNc2ccc(Br)cc2C(F)(F)F)CC1(F)F. The average Bonchev–Trinajstić information content (AvgIpc) is 2.60. The Morgan fingerprint density at radius 2 is 2.05 bits per heavy atom. The van der Waals surface area contributed by atoms with Gasteiger partial charge < -0.3 is 10.1 Å². The van der Waals surface area contributed by atoms with Crippen molar-refractivity contribution in [2.45, 2.75) is 24.6 Å². The molecule has 0 aliphatic carbocycles. The maximum absolute atomic E-state index is 12.9. The van der Waals surface area contributed by atoms with Crippen LogP contribution < -0.4 is 5.32 Å². The molecule has 1 aliphatic heterocycles. The molecule has 116 valence electrons. The summed E-state index contributed by atoms with van der Waals surface area (Å²) in [6.45, 7) is -0.327. The first kappa shape index (κ1) is 16.0. The molecule has 1 atom stereocenters. The number of benzene rings is 1. The van der Waals surface area contributed by atoms with E-state index in [1.54, 1.807) is 0 Å². The standard InChI is InChI=1S/C12H9BrF5NO2/c13-6-1-2-9(8(3-6)12(16,17)18)19-5-7-4-11(14,15)10(20)21-7/h1-3,7,19H,4-5H2. The molecule has 1 aliphatic rings. The molecule has 0 amide bonds. The third-order valence-electron chi connectivity index (χ3n) is 2.86. The third-order valence-corrected chi connectivity index (χ3v) is 3.36. The van der Waals surface area contributed by atoms with E-state index in [1.165, 1.54) is 12.1 Å². The van der Waals surface area contributed by atoms with E-state index in [0.717, 1.165) is 6.07 Å². The molecule has 3 nitrogen and oxygen atoms in total. The van der Waals surface area contributed by atoms with Crippen molar-refractivity contribution < 1.29 is 31.5 Å². The molecule has 1 fully saturated rings. The fourth-order valence-corrected chi connectivity index (χ4v) is 2.25. The molecule has 1 unspecified atom stereocenters. The van der Waals surface area contributed by atoms with Crippen LogP contribution in [0.1, 0.15) is 12.0 Å². The minimum Gasteiger partial charge on any atom is -0.456 e. The topological polar surface area (TPSA) is 38.3 Å². The molecule has 0 saturated carbocycles. The number of alkyl halides is 5. The predicted molar refractivity (Wildman–Crippen MR) is 67.1 cm³/mol. The molecular formula is C12H9BrF5NO2. The zero-order valence-corrected chi connectivity index (χ0v) is 11.9. The maximum atomic E-state index is 12.9. The first-order valence-corrected chi connectivity index (χ1v) is 6.58. The summed E-state index contributed by atoms with van der Waals surface area (Å²) in [7, 11) is 0. The number of anilines is 1. The molecule has 0 radical (unpaired) electrons. The molecule has 0 aromatic heterocycles. The Balaban J connectivity index is 2.10. The van der Waals surface area contributed by atoms with Crippen molar-refractivity contribution in [3.05, 3.63) is 28.2 Å². The Labute approximate surface area is 124 Å². The fourth-order valence-electron chi connectivity index (χ4n) is 1.89. The summed E-state index contributed by atoms with van der Waals surface area (Å²) in [5.41, 5.74) is -1.20. The lowest BCUT2D eigenvalue weighted by molar-refractivity contribution is -0.158. The smallest absolute Gasteiger partial charge is 0.418 e. The summed E-state index contributed by atoms with van der Waals surface area (Å²) < 4.78 is 69.1. The molecule has 1 aromatic carbocycles. The first-order chi connectivity index (χ1) is 9.59.